The van der Waals surface area contributed by atoms with Crippen molar-refractivity contribution in [1.29, 1.82) is 0 Å². The Bertz CT molecular complexity index is 3090. The smallest absolute Gasteiger partial charge is 0.0620 e. The molecule has 0 saturated heterocycles. The molecule has 0 aliphatic heterocycles. The highest BCUT2D eigenvalue weighted by Gasteiger charge is 2.35. The van der Waals surface area contributed by atoms with Crippen LogP contribution in [0.4, 0.5) is 17.1 Å². The molecular formula is C51H36N2. The zero-order valence-corrected chi connectivity index (χ0v) is 29.8. The van der Waals surface area contributed by atoms with Crippen LogP contribution in [0.2, 0.25) is 0 Å². The molecule has 0 bridgehead atoms. The number of hydrogen-bond donors (Lipinski definition) is 0. The van der Waals surface area contributed by atoms with Gasteiger partial charge in [-0.05, 0) is 98.3 Å². The summed E-state index contributed by atoms with van der Waals surface area (Å²) in [7, 11) is 0. The van der Waals surface area contributed by atoms with Crippen LogP contribution in [-0.2, 0) is 5.41 Å². The second-order valence-electron chi connectivity index (χ2n) is 15.1. The second kappa shape index (κ2) is 10.9. The zero-order valence-electron chi connectivity index (χ0n) is 29.8. The van der Waals surface area contributed by atoms with Crippen LogP contribution in [0, 0.1) is 0 Å². The number of fused-ring (bicyclic) bond motifs is 9. The molecule has 2 heterocycles. The van der Waals surface area contributed by atoms with Crippen molar-refractivity contribution >= 4 is 61.7 Å². The Morgan fingerprint density at radius 2 is 1.08 bits per heavy atom. The fourth-order valence-corrected chi connectivity index (χ4v) is 9.30. The highest BCUT2D eigenvalue weighted by atomic mass is 15.1. The van der Waals surface area contributed by atoms with Gasteiger partial charge in [0, 0.05) is 44.0 Å². The van der Waals surface area contributed by atoms with Crippen molar-refractivity contribution in [3.05, 3.63) is 186 Å². The summed E-state index contributed by atoms with van der Waals surface area (Å²) in [5.41, 5.74) is 17.2. The van der Waals surface area contributed by atoms with Crippen molar-refractivity contribution in [2.75, 3.05) is 4.90 Å². The number of nitrogens with zero attached hydrogens (tertiary/aromatic N) is 2. The van der Waals surface area contributed by atoms with Crippen molar-refractivity contribution in [2.45, 2.75) is 19.3 Å². The molecule has 11 rings (SSSR count). The zero-order chi connectivity index (χ0) is 35.4. The molecule has 1 aliphatic carbocycles. The summed E-state index contributed by atoms with van der Waals surface area (Å²) < 4.78 is 2.44. The second-order valence-corrected chi connectivity index (χ2v) is 15.1. The minimum Gasteiger partial charge on any atom is -0.310 e. The van der Waals surface area contributed by atoms with Gasteiger partial charge >= 0.3 is 0 Å². The highest BCUT2D eigenvalue weighted by molar-refractivity contribution is 6.24. The Hall–Kier alpha value is -6.64. The molecular weight excluding hydrogens is 641 g/mol. The summed E-state index contributed by atoms with van der Waals surface area (Å²) in [5.74, 6) is 0. The summed E-state index contributed by atoms with van der Waals surface area (Å²) in [4.78, 5) is 2.41. The fourth-order valence-electron chi connectivity index (χ4n) is 9.30. The molecule has 0 N–H and O–H groups in total. The third-order valence-corrected chi connectivity index (χ3v) is 11.8. The number of anilines is 3. The molecule has 0 amide bonds. The van der Waals surface area contributed by atoms with Gasteiger partial charge in [-0.2, -0.15) is 0 Å². The normalized spacial score (nSPS) is 13.3. The van der Waals surface area contributed by atoms with E-state index in [4.69, 9.17) is 6.58 Å². The molecule has 0 spiro atoms. The van der Waals surface area contributed by atoms with E-state index in [1.807, 2.05) is 0 Å². The van der Waals surface area contributed by atoms with Crippen molar-refractivity contribution in [3.63, 3.8) is 0 Å². The Morgan fingerprint density at radius 1 is 0.434 bits per heavy atom. The maximum Gasteiger partial charge on any atom is 0.0620 e. The van der Waals surface area contributed by atoms with Gasteiger partial charge in [0.05, 0.1) is 16.6 Å². The monoisotopic (exact) mass is 676 g/mol. The maximum absolute atomic E-state index is 4.71. The number of para-hydroxylation sites is 2. The van der Waals surface area contributed by atoms with Crippen molar-refractivity contribution < 1.29 is 0 Å². The van der Waals surface area contributed by atoms with Crippen molar-refractivity contribution in [3.8, 4) is 33.4 Å². The van der Waals surface area contributed by atoms with Gasteiger partial charge < -0.3 is 9.30 Å². The molecule has 8 aromatic carbocycles. The van der Waals surface area contributed by atoms with E-state index in [2.05, 4.69) is 193 Å². The van der Waals surface area contributed by atoms with Gasteiger partial charge in [-0.25, -0.2) is 0 Å². The Morgan fingerprint density at radius 3 is 1.92 bits per heavy atom. The summed E-state index contributed by atoms with van der Waals surface area (Å²) in [6.07, 6.45) is 0. The molecule has 0 saturated carbocycles. The molecule has 250 valence electrons. The van der Waals surface area contributed by atoms with Gasteiger partial charge in [0.1, 0.15) is 0 Å². The molecule has 0 unspecified atom stereocenters. The molecule has 0 fully saturated rings. The Balaban J connectivity index is 1.06. The first kappa shape index (κ1) is 30.0. The lowest BCUT2D eigenvalue weighted by molar-refractivity contribution is 0.660. The van der Waals surface area contributed by atoms with E-state index >= 15 is 0 Å². The minimum absolute atomic E-state index is 0.0959. The number of aromatic nitrogens is 1. The average Bonchev–Trinajstić information content (AvgIpc) is 3.90. The lowest BCUT2D eigenvalue weighted by atomic mass is 9.82. The third-order valence-electron chi connectivity index (χ3n) is 11.8. The van der Waals surface area contributed by atoms with E-state index in [0.717, 1.165) is 22.3 Å². The van der Waals surface area contributed by atoms with Crippen LogP contribution < -0.4 is 10.1 Å². The van der Waals surface area contributed by atoms with Gasteiger partial charge in [0.25, 0.3) is 0 Å². The molecule has 1 aliphatic rings. The third kappa shape index (κ3) is 4.21. The Labute approximate surface area is 308 Å². The molecule has 10 aromatic rings. The highest BCUT2D eigenvalue weighted by Crippen LogP contribution is 2.51. The van der Waals surface area contributed by atoms with Gasteiger partial charge in [-0.1, -0.05) is 142 Å². The van der Waals surface area contributed by atoms with E-state index in [9.17, 15) is 0 Å². The summed E-state index contributed by atoms with van der Waals surface area (Å²) in [6, 6.07) is 62.3. The maximum atomic E-state index is 4.71. The van der Waals surface area contributed by atoms with Crippen LogP contribution in [0.3, 0.4) is 0 Å². The molecule has 0 atom stereocenters. The predicted molar refractivity (Wildman–Crippen MR) is 225 cm³/mol. The van der Waals surface area contributed by atoms with E-state index in [-0.39, 0.29) is 5.41 Å². The lowest BCUT2D eigenvalue weighted by Crippen LogP contribution is -2.16. The Kier molecular flexibility index (Phi) is 6.19. The van der Waals surface area contributed by atoms with E-state index in [1.165, 1.54) is 82.6 Å². The standard InChI is InChI=1S/C51H36N2/c1-32-44(31-45-43-20-12-19-42-41-18-8-10-22-48(41)53(49(32)45)50(42)43)34-23-25-36(26-24-34)52(37-16-11-15-35(29-37)33-13-5-4-6-14-33)38-27-28-40-39-17-7-9-21-46(39)51(2,3)47(40)30-38/h4-31H,1H2,2-3H3. The topological polar surface area (TPSA) is 7.65 Å². The van der Waals surface area contributed by atoms with Crippen LogP contribution in [0.15, 0.2) is 170 Å². The number of benzene rings is 7. The van der Waals surface area contributed by atoms with E-state index < -0.39 is 0 Å². The first-order valence-corrected chi connectivity index (χ1v) is 18.5. The fraction of sp³-hybridized carbons (Fsp3) is 0.0588. The molecule has 2 aromatic heterocycles. The summed E-state index contributed by atoms with van der Waals surface area (Å²) in [6.45, 7) is 9.41. The van der Waals surface area contributed by atoms with Crippen LogP contribution in [0.1, 0.15) is 25.0 Å². The average molecular weight is 677 g/mol. The molecule has 2 nitrogen and oxygen atoms in total. The summed E-state index contributed by atoms with van der Waals surface area (Å²) in [5, 5.41) is 6.21. The summed E-state index contributed by atoms with van der Waals surface area (Å²) >= 11 is 0. The molecule has 0 radical (unpaired) electrons. The van der Waals surface area contributed by atoms with Gasteiger partial charge in [0.15, 0.2) is 0 Å². The quantitative estimate of drug-likeness (QED) is 0.176. The van der Waals surface area contributed by atoms with Gasteiger partial charge in [-0.15, -0.1) is 0 Å². The van der Waals surface area contributed by atoms with Crippen LogP contribution >= 0.6 is 0 Å². The van der Waals surface area contributed by atoms with Crippen molar-refractivity contribution in [1.82, 2.24) is 4.40 Å². The van der Waals surface area contributed by atoms with Gasteiger partial charge in [-0.3, -0.25) is 0 Å². The molecule has 53 heavy (non-hydrogen) atoms. The SMILES string of the molecule is C=c1c(-c2ccc(N(c3cccc(-c4ccccc4)c3)c3ccc4c(c3)C(C)(C)c3ccccc3-4)cc2)cc2c3cccc4c5ccccc5n(c12)c43. The number of rotatable bonds is 5. The largest absolute Gasteiger partial charge is 0.310 e. The van der Waals surface area contributed by atoms with Crippen LogP contribution in [0.25, 0.3) is 78.1 Å². The van der Waals surface area contributed by atoms with E-state index in [1.54, 1.807) is 0 Å². The number of hydrogen-bond acceptors (Lipinski definition) is 1. The molecule has 2 heteroatoms. The van der Waals surface area contributed by atoms with E-state index in [0.29, 0.717) is 0 Å². The first-order chi connectivity index (χ1) is 26.0. The lowest BCUT2D eigenvalue weighted by Gasteiger charge is -2.28. The first-order valence-electron chi connectivity index (χ1n) is 18.5. The van der Waals surface area contributed by atoms with Gasteiger partial charge in [0.2, 0.25) is 0 Å². The van der Waals surface area contributed by atoms with Crippen LogP contribution in [-0.4, -0.2) is 4.40 Å². The van der Waals surface area contributed by atoms with Crippen molar-refractivity contribution in [2.24, 2.45) is 0 Å². The van der Waals surface area contributed by atoms with Crippen LogP contribution in [0.5, 0.6) is 0 Å². The minimum atomic E-state index is -0.0959. The predicted octanol–water partition coefficient (Wildman–Crippen LogP) is 13.1.